The van der Waals surface area contributed by atoms with Gasteiger partial charge in [0.2, 0.25) is 0 Å². The number of halogens is 2. The zero-order valence-electron chi connectivity index (χ0n) is 11.2. The SMILES string of the molecule is CNC(CSCC(C)C)Cc1cccc(F)c1F. The molecule has 0 spiro atoms. The number of benzene rings is 1. The molecule has 0 heterocycles. The summed E-state index contributed by atoms with van der Waals surface area (Å²) >= 11 is 1.84. The third-order valence-corrected chi connectivity index (χ3v) is 4.22. The smallest absolute Gasteiger partial charge is 0.162 e. The molecule has 1 N–H and O–H groups in total. The molecule has 1 nitrogen and oxygen atoms in total. The highest BCUT2D eigenvalue weighted by molar-refractivity contribution is 7.99. The van der Waals surface area contributed by atoms with Gasteiger partial charge in [-0.15, -0.1) is 0 Å². The Labute approximate surface area is 112 Å². The molecule has 0 radical (unpaired) electrons. The van der Waals surface area contributed by atoms with Gasteiger partial charge in [0.05, 0.1) is 0 Å². The van der Waals surface area contributed by atoms with E-state index in [9.17, 15) is 8.78 Å². The van der Waals surface area contributed by atoms with Gasteiger partial charge in [0, 0.05) is 11.8 Å². The fraction of sp³-hybridized carbons (Fsp3) is 0.571. The molecule has 0 aliphatic rings. The zero-order chi connectivity index (χ0) is 13.5. The van der Waals surface area contributed by atoms with Crippen LogP contribution in [-0.4, -0.2) is 24.6 Å². The zero-order valence-corrected chi connectivity index (χ0v) is 12.0. The molecule has 1 atom stereocenters. The van der Waals surface area contributed by atoms with E-state index in [1.165, 1.54) is 0 Å². The molecule has 0 aliphatic carbocycles. The maximum Gasteiger partial charge on any atom is 0.162 e. The van der Waals surface area contributed by atoms with Crippen molar-refractivity contribution in [3.8, 4) is 0 Å². The fourth-order valence-corrected chi connectivity index (χ4v) is 2.84. The number of rotatable bonds is 7. The Hall–Kier alpha value is -0.610. The van der Waals surface area contributed by atoms with Crippen molar-refractivity contribution in [1.82, 2.24) is 5.32 Å². The van der Waals surface area contributed by atoms with Crippen LogP contribution in [0.15, 0.2) is 18.2 Å². The third kappa shape index (κ3) is 4.94. The van der Waals surface area contributed by atoms with Crippen molar-refractivity contribution in [2.75, 3.05) is 18.6 Å². The van der Waals surface area contributed by atoms with Crippen molar-refractivity contribution in [2.24, 2.45) is 5.92 Å². The fourth-order valence-electron chi connectivity index (χ4n) is 1.66. The van der Waals surface area contributed by atoms with Gasteiger partial charge in [-0.1, -0.05) is 26.0 Å². The predicted octanol–water partition coefficient (Wildman–Crippen LogP) is 3.48. The number of thioether (sulfide) groups is 1. The van der Waals surface area contributed by atoms with Gasteiger partial charge in [-0.2, -0.15) is 11.8 Å². The van der Waals surface area contributed by atoms with E-state index in [0.717, 1.165) is 17.6 Å². The summed E-state index contributed by atoms with van der Waals surface area (Å²) < 4.78 is 26.6. The van der Waals surface area contributed by atoms with Crippen molar-refractivity contribution in [2.45, 2.75) is 26.3 Å². The molecule has 0 aromatic heterocycles. The summed E-state index contributed by atoms with van der Waals surface area (Å²) in [5.74, 6) is 1.16. The molecule has 102 valence electrons. The first kappa shape index (κ1) is 15.4. The Balaban J connectivity index is 2.54. The number of hydrogen-bond acceptors (Lipinski definition) is 2. The first-order valence-electron chi connectivity index (χ1n) is 6.22. The summed E-state index contributed by atoms with van der Waals surface area (Å²) in [6.07, 6.45) is 0.519. The Bertz CT molecular complexity index is 369. The van der Waals surface area contributed by atoms with Crippen LogP contribution in [-0.2, 0) is 6.42 Å². The number of nitrogens with one attached hydrogen (secondary N) is 1. The van der Waals surface area contributed by atoms with Crippen LogP contribution in [0.5, 0.6) is 0 Å². The summed E-state index contributed by atoms with van der Waals surface area (Å²) in [4.78, 5) is 0. The molecule has 0 aliphatic heterocycles. The minimum atomic E-state index is -0.766. The van der Waals surface area contributed by atoms with E-state index in [1.807, 2.05) is 18.8 Å². The van der Waals surface area contributed by atoms with E-state index in [-0.39, 0.29) is 6.04 Å². The van der Waals surface area contributed by atoms with Crippen LogP contribution in [0, 0.1) is 17.6 Å². The van der Waals surface area contributed by atoms with Gasteiger partial charge < -0.3 is 5.32 Å². The van der Waals surface area contributed by atoms with Gasteiger partial charge in [-0.05, 0) is 36.8 Å². The summed E-state index contributed by atoms with van der Waals surface area (Å²) in [5.41, 5.74) is 0.444. The molecular formula is C14H21F2NS. The molecule has 18 heavy (non-hydrogen) atoms. The number of hydrogen-bond donors (Lipinski definition) is 1. The summed E-state index contributed by atoms with van der Waals surface area (Å²) in [5, 5.41) is 3.16. The van der Waals surface area contributed by atoms with Gasteiger partial charge in [-0.25, -0.2) is 8.78 Å². The van der Waals surface area contributed by atoms with Crippen LogP contribution in [0.3, 0.4) is 0 Å². The van der Waals surface area contributed by atoms with E-state index in [1.54, 1.807) is 12.1 Å². The quantitative estimate of drug-likeness (QED) is 0.816. The second-order valence-corrected chi connectivity index (χ2v) is 5.91. The van der Waals surface area contributed by atoms with E-state index < -0.39 is 11.6 Å². The summed E-state index contributed by atoms with van der Waals surface area (Å²) in [6.45, 7) is 4.35. The predicted molar refractivity (Wildman–Crippen MR) is 75.1 cm³/mol. The topological polar surface area (TPSA) is 12.0 Å². The van der Waals surface area contributed by atoms with Crippen LogP contribution in [0.25, 0.3) is 0 Å². The molecular weight excluding hydrogens is 252 g/mol. The Morgan fingerprint density at radius 3 is 2.56 bits per heavy atom. The minimum absolute atomic E-state index is 0.171. The van der Waals surface area contributed by atoms with Crippen molar-refractivity contribution in [3.63, 3.8) is 0 Å². The first-order valence-corrected chi connectivity index (χ1v) is 7.38. The highest BCUT2D eigenvalue weighted by Crippen LogP contribution is 2.16. The molecule has 1 aromatic rings. The maximum atomic E-state index is 13.5. The lowest BCUT2D eigenvalue weighted by Gasteiger charge is -2.17. The van der Waals surface area contributed by atoms with E-state index in [0.29, 0.717) is 17.9 Å². The molecule has 1 unspecified atom stereocenters. The average molecular weight is 273 g/mol. The van der Waals surface area contributed by atoms with E-state index in [2.05, 4.69) is 19.2 Å². The van der Waals surface area contributed by atoms with Crippen molar-refractivity contribution >= 4 is 11.8 Å². The number of likely N-dealkylation sites (N-methyl/N-ethyl adjacent to an activating group) is 1. The second-order valence-electron chi connectivity index (χ2n) is 4.83. The van der Waals surface area contributed by atoms with Crippen molar-refractivity contribution < 1.29 is 8.78 Å². The van der Waals surface area contributed by atoms with Crippen LogP contribution in [0.4, 0.5) is 8.78 Å². The van der Waals surface area contributed by atoms with Crippen molar-refractivity contribution in [3.05, 3.63) is 35.4 Å². The third-order valence-electron chi connectivity index (χ3n) is 2.68. The molecule has 0 saturated carbocycles. The first-order chi connectivity index (χ1) is 8.54. The van der Waals surface area contributed by atoms with E-state index in [4.69, 9.17) is 0 Å². The largest absolute Gasteiger partial charge is 0.316 e. The van der Waals surface area contributed by atoms with Crippen LogP contribution < -0.4 is 5.32 Å². The molecule has 0 fully saturated rings. The lowest BCUT2D eigenvalue weighted by Crippen LogP contribution is -2.30. The molecule has 0 saturated heterocycles. The monoisotopic (exact) mass is 273 g/mol. The lowest BCUT2D eigenvalue weighted by atomic mass is 10.1. The van der Waals surface area contributed by atoms with Gasteiger partial charge in [0.25, 0.3) is 0 Å². The van der Waals surface area contributed by atoms with Gasteiger partial charge in [0.15, 0.2) is 11.6 Å². The summed E-state index contributed by atoms with van der Waals surface area (Å²) in [6, 6.07) is 4.53. The van der Waals surface area contributed by atoms with Gasteiger partial charge in [0.1, 0.15) is 0 Å². The second kappa shape index (κ2) is 7.74. The van der Waals surface area contributed by atoms with Crippen LogP contribution >= 0.6 is 11.8 Å². The standard InChI is InChI=1S/C14H21F2NS/c1-10(2)8-18-9-12(17-3)7-11-5-4-6-13(15)14(11)16/h4-6,10,12,17H,7-9H2,1-3H3. The Kier molecular flexibility index (Phi) is 6.65. The normalized spacial score (nSPS) is 13.0. The molecule has 1 rings (SSSR count). The average Bonchev–Trinajstić information content (AvgIpc) is 2.33. The molecule has 1 aromatic carbocycles. The van der Waals surface area contributed by atoms with Gasteiger partial charge in [-0.3, -0.25) is 0 Å². The lowest BCUT2D eigenvalue weighted by molar-refractivity contribution is 0.490. The van der Waals surface area contributed by atoms with Crippen molar-refractivity contribution in [1.29, 1.82) is 0 Å². The Morgan fingerprint density at radius 1 is 1.22 bits per heavy atom. The van der Waals surface area contributed by atoms with Crippen LogP contribution in [0.1, 0.15) is 19.4 Å². The Morgan fingerprint density at radius 2 is 1.94 bits per heavy atom. The minimum Gasteiger partial charge on any atom is -0.316 e. The summed E-state index contributed by atoms with van der Waals surface area (Å²) in [7, 11) is 1.86. The molecule has 0 amide bonds. The van der Waals surface area contributed by atoms with Crippen LogP contribution in [0.2, 0.25) is 0 Å². The molecule has 4 heteroatoms. The highest BCUT2D eigenvalue weighted by atomic mass is 32.2. The van der Waals surface area contributed by atoms with Gasteiger partial charge >= 0.3 is 0 Å². The van der Waals surface area contributed by atoms with E-state index >= 15 is 0 Å². The maximum absolute atomic E-state index is 13.5. The molecule has 0 bridgehead atoms. The highest BCUT2D eigenvalue weighted by Gasteiger charge is 2.13.